The Labute approximate surface area is 140 Å². The number of amides is 1. The molecule has 2 N–H and O–H groups in total. The predicted molar refractivity (Wildman–Crippen MR) is 90.4 cm³/mol. The minimum atomic E-state index is -0.384. The van der Waals surface area contributed by atoms with Gasteiger partial charge in [0.2, 0.25) is 5.91 Å². The van der Waals surface area contributed by atoms with Gasteiger partial charge in [0.25, 0.3) is 5.69 Å². The van der Waals surface area contributed by atoms with E-state index < -0.39 is 0 Å². The molecule has 1 aromatic carbocycles. The van der Waals surface area contributed by atoms with Gasteiger partial charge in [0.1, 0.15) is 5.69 Å². The summed E-state index contributed by atoms with van der Waals surface area (Å²) in [6, 6.07) is 3.32. The Hall–Kier alpha value is -2.19. The predicted octanol–water partition coefficient (Wildman–Crippen LogP) is 0.982. The molecular formula is C16H22N4O4. The highest BCUT2D eigenvalue weighted by molar-refractivity contribution is 5.95. The zero-order valence-corrected chi connectivity index (χ0v) is 13.7. The first-order valence-electron chi connectivity index (χ1n) is 8.20. The number of anilines is 2. The van der Waals surface area contributed by atoms with Gasteiger partial charge in [0, 0.05) is 50.9 Å². The minimum Gasteiger partial charge on any atom is -0.392 e. The number of benzene rings is 1. The third-order valence-corrected chi connectivity index (χ3v) is 4.53. The summed E-state index contributed by atoms with van der Waals surface area (Å²) in [6.45, 7) is 5.15. The van der Waals surface area contributed by atoms with E-state index in [4.69, 9.17) is 0 Å². The monoisotopic (exact) mass is 334 g/mol. The van der Waals surface area contributed by atoms with Gasteiger partial charge in [0.05, 0.1) is 11.0 Å². The summed E-state index contributed by atoms with van der Waals surface area (Å²) in [5.74, 6) is -0.0518. The van der Waals surface area contributed by atoms with E-state index >= 15 is 0 Å². The summed E-state index contributed by atoms with van der Waals surface area (Å²) in [5, 5.41) is 23.8. The van der Waals surface area contributed by atoms with Crippen LogP contribution in [0, 0.1) is 10.1 Å². The van der Waals surface area contributed by atoms with Gasteiger partial charge in [-0.25, -0.2) is 0 Å². The summed E-state index contributed by atoms with van der Waals surface area (Å²) >= 11 is 0. The van der Waals surface area contributed by atoms with E-state index in [0.717, 1.165) is 18.7 Å². The van der Waals surface area contributed by atoms with Crippen molar-refractivity contribution in [3.63, 3.8) is 0 Å². The SMILES string of the molecule is C[C@@H](O)CN1CCN(c2cc3c(cc2[N+](=O)[O-])CCC(=O)N3)CC1. The number of rotatable bonds is 4. The fourth-order valence-corrected chi connectivity index (χ4v) is 3.35. The largest absolute Gasteiger partial charge is 0.392 e. The van der Waals surface area contributed by atoms with E-state index in [9.17, 15) is 20.0 Å². The third-order valence-electron chi connectivity index (χ3n) is 4.53. The van der Waals surface area contributed by atoms with Crippen LogP contribution < -0.4 is 10.2 Å². The van der Waals surface area contributed by atoms with Gasteiger partial charge in [-0.15, -0.1) is 0 Å². The highest BCUT2D eigenvalue weighted by Gasteiger charge is 2.27. The molecule has 1 saturated heterocycles. The maximum Gasteiger partial charge on any atom is 0.292 e. The molecule has 0 radical (unpaired) electrons. The first kappa shape index (κ1) is 16.7. The fourth-order valence-electron chi connectivity index (χ4n) is 3.35. The van der Waals surface area contributed by atoms with E-state index in [1.54, 1.807) is 19.1 Å². The topological polar surface area (TPSA) is 98.9 Å². The number of nitro benzene ring substituents is 1. The number of nitrogens with zero attached hydrogens (tertiary/aromatic N) is 3. The van der Waals surface area contributed by atoms with Gasteiger partial charge in [-0.05, 0) is 25.0 Å². The van der Waals surface area contributed by atoms with Crippen LogP contribution in [0.4, 0.5) is 17.1 Å². The molecule has 24 heavy (non-hydrogen) atoms. The van der Waals surface area contributed by atoms with E-state index in [1.807, 2.05) is 4.90 Å². The van der Waals surface area contributed by atoms with Crippen molar-refractivity contribution in [1.82, 2.24) is 4.90 Å². The molecule has 3 rings (SSSR count). The molecule has 1 atom stereocenters. The van der Waals surface area contributed by atoms with Crippen LogP contribution in [0.1, 0.15) is 18.9 Å². The number of nitro groups is 1. The molecule has 0 bridgehead atoms. The molecule has 8 nitrogen and oxygen atoms in total. The number of nitrogens with one attached hydrogen (secondary N) is 1. The number of fused-ring (bicyclic) bond motifs is 1. The highest BCUT2D eigenvalue weighted by atomic mass is 16.6. The summed E-state index contributed by atoms with van der Waals surface area (Å²) < 4.78 is 0. The second-order valence-electron chi connectivity index (χ2n) is 6.44. The molecular weight excluding hydrogens is 312 g/mol. The van der Waals surface area contributed by atoms with Crippen LogP contribution >= 0.6 is 0 Å². The van der Waals surface area contributed by atoms with Crippen molar-refractivity contribution < 1.29 is 14.8 Å². The Bertz CT molecular complexity index is 654. The zero-order chi connectivity index (χ0) is 17.3. The molecule has 1 aromatic rings. The number of carbonyl (C=O) groups excluding carboxylic acids is 1. The number of hydrogen-bond donors (Lipinski definition) is 2. The van der Waals surface area contributed by atoms with Gasteiger partial charge >= 0.3 is 0 Å². The molecule has 0 saturated carbocycles. The summed E-state index contributed by atoms with van der Waals surface area (Å²) in [7, 11) is 0. The van der Waals surface area contributed by atoms with Crippen LogP contribution in [-0.4, -0.2) is 59.7 Å². The Morgan fingerprint density at radius 2 is 2.00 bits per heavy atom. The van der Waals surface area contributed by atoms with E-state index in [0.29, 0.717) is 43.9 Å². The first-order valence-corrected chi connectivity index (χ1v) is 8.20. The number of aliphatic hydroxyl groups is 1. The zero-order valence-electron chi connectivity index (χ0n) is 13.7. The lowest BCUT2D eigenvalue weighted by molar-refractivity contribution is -0.384. The van der Waals surface area contributed by atoms with Crippen molar-refractivity contribution in [2.24, 2.45) is 0 Å². The molecule has 2 heterocycles. The number of piperazine rings is 1. The second-order valence-corrected chi connectivity index (χ2v) is 6.44. The van der Waals surface area contributed by atoms with E-state index in [-0.39, 0.29) is 22.6 Å². The van der Waals surface area contributed by atoms with Crippen molar-refractivity contribution in [2.45, 2.75) is 25.9 Å². The number of hydrogen-bond acceptors (Lipinski definition) is 6. The van der Waals surface area contributed by atoms with Gasteiger partial charge in [-0.3, -0.25) is 19.8 Å². The van der Waals surface area contributed by atoms with Crippen molar-refractivity contribution in [2.75, 3.05) is 42.9 Å². The Balaban J connectivity index is 1.83. The smallest absolute Gasteiger partial charge is 0.292 e. The van der Waals surface area contributed by atoms with Crippen LogP contribution in [0.15, 0.2) is 12.1 Å². The van der Waals surface area contributed by atoms with Gasteiger partial charge in [-0.2, -0.15) is 0 Å². The molecule has 1 amide bonds. The molecule has 2 aliphatic rings. The van der Waals surface area contributed by atoms with E-state index in [2.05, 4.69) is 10.2 Å². The Morgan fingerprint density at radius 1 is 1.29 bits per heavy atom. The summed E-state index contributed by atoms with van der Waals surface area (Å²) in [4.78, 5) is 26.8. The number of aliphatic hydroxyl groups excluding tert-OH is 1. The Morgan fingerprint density at radius 3 is 2.62 bits per heavy atom. The third kappa shape index (κ3) is 3.49. The van der Waals surface area contributed by atoms with Crippen molar-refractivity contribution >= 4 is 23.0 Å². The minimum absolute atomic E-state index is 0.0518. The highest BCUT2D eigenvalue weighted by Crippen LogP contribution is 2.36. The number of carbonyl (C=O) groups is 1. The lowest BCUT2D eigenvalue weighted by Gasteiger charge is -2.36. The molecule has 0 spiro atoms. The Kier molecular flexibility index (Phi) is 4.68. The number of aryl methyl sites for hydroxylation is 1. The first-order chi connectivity index (χ1) is 11.4. The average Bonchev–Trinajstić information content (AvgIpc) is 2.53. The molecule has 0 aromatic heterocycles. The molecule has 0 unspecified atom stereocenters. The summed E-state index contributed by atoms with van der Waals surface area (Å²) in [6.07, 6.45) is 0.510. The second kappa shape index (κ2) is 6.74. The maximum atomic E-state index is 11.6. The van der Waals surface area contributed by atoms with Gasteiger partial charge in [-0.1, -0.05) is 0 Å². The van der Waals surface area contributed by atoms with Crippen molar-refractivity contribution in [1.29, 1.82) is 0 Å². The normalized spacial score (nSPS) is 19.6. The van der Waals surface area contributed by atoms with Crippen LogP contribution in [-0.2, 0) is 11.2 Å². The molecule has 0 aliphatic carbocycles. The average molecular weight is 334 g/mol. The van der Waals surface area contributed by atoms with Crippen LogP contribution in [0.5, 0.6) is 0 Å². The lowest BCUT2D eigenvalue weighted by Crippen LogP contribution is -2.48. The fraction of sp³-hybridized carbons (Fsp3) is 0.562. The molecule has 130 valence electrons. The molecule has 1 fully saturated rings. The van der Waals surface area contributed by atoms with Crippen LogP contribution in [0.3, 0.4) is 0 Å². The summed E-state index contributed by atoms with van der Waals surface area (Å²) in [5.41, 5.74) is 2.14. The van der Waals surface area contributed by atoms with Crippen molar-refractivity contribution in [3.05, 3.63) is 27.8 Å². The van der Waals surface area contributed by atoms with Crippen LogP contribution in [0.2, 0.25) is 0 Å². The lowest BCUT2D eigenvalue weighted by atomic mass is 10.0. The van der Waals surface area contributed by atoms with Crippen LogP contribution in [0.25, 0.3) is 0 Å². The standard InChI is InChI=1S/C16H22N4O4/c1-11(21)10-18-4-6-19(7-5-18)14-9-13-12(2-3-16(22)17-13)8-15(14)20(23)24/h8-9,11,21H,2-7,10H2,1H3,(H,17,22)/t11-/m1/s1. The molecule has 2 aliphatic heterocycles. The van der Waals surface area contributed by atoms with Crippen molar-refractivity contribution in [3.8, 4) is 0 Å². The van der Waals surface area contributed by atoms with Gasteiger partial charge in [0.15, 0.2) is 0 Å². The molecule has 8 heteroatoms. The number of β-amino-alcohol motifs (C(OH)–C–C–N with tert-alkyl or cyclic N) is 1. The van der Waals surface area contributed by atoms with E-state index in [1.165, 1.54) is 0 Å². The maximum absolute atomic E-state index is 11.6. The quantitative estimate of drug-likeness (QED) is 0.629. The van der Waals surface area contributed by atoms with Gasteiger partial charge < -0.3 is 15.3 Å².